The van der Waals surface area contributed by atoms with Crippen LogP contribution in [0.5, 0.6) is 0 Å². The van der Waals surface area contributed by atoms with Crippen LogP contribution in [0.3, 0.4) is 0 Å². The molecule has 0 aliphatic carbocycles. The maximum atomic E-state index is 13.1. The summed E-state index contributed by atoms with van der Waals surface area (Å²) in [7, 11) is 1.68. The van der Waals surface area contributed by atoms with E-state index in [2.05, 4.69) is 20.3 Å². The number of carbonyl (C=O) groups excluding carboxylic acids is 1. The van der Waals surface area contributed by atoms with Crippen LogP contribution < -0.4 is 5.32 Å². The Hall–Kier alpha value is -2.58. The lowest BCUT2D eigenvalue weighted by Crippen LogP contribution is -2.31. The number of nitrogens with zero attached hydrogens (tertiary/aromatic N) is 4. The average molecular weight is 383 g/mol. The van der Waals surface area contributed by atoms with Crippen molar-refractivity contribution in [2.45, 2.75) is 25.5 Å². The molecule has 27 heavy (non-hydrogen) atoms. The number of carbonyl (C=O) groups is 1. The number of aromatic nitrogens is 3. The highest BCUT2D eigenvalue weighted by Gasteiger charge is 2.29. The van der Waals surface area contributed by atoms with E-state index in [-0.39, 0.29) is 18.1 Å². The Balaban J connectivity index is 1.63. The second-order valence-electron chi connectivity index (χ2n) is 6.55. The average Bonchev–Trinajstić information content (AvgIpc) is 3.36. The van der Waals surface area contributed by atoms with Crippen molar-refractivity contribution < 1.29 is 9.53 Å². The third-order valence-electron chi connectivity index (χ3n) is 4.75. The van der Waals surface area contributed by atoms with Crippen molar-refractivity contribution >= 4 is 33.4 Å². The van der Waals surface area contributed by atoms with E-state index in [1.165, 1.54) is 11.3 Å². The summed E-state index contributed by atoms with van der Waals surface area (Å²) in [6.45, 7) is 3.27. The molecule has 1 unspecified atom stereocenters. The number of hydrogen-bond acceptors (Lipinski definition) is 7. The van der Waals surface area contributed by atoms with Gasteiger partial charge in [0.15, 0.2) is 5.69 Å². The zero-order chi connectivity index (χ0) is 18.8. The van der Waals surface area contributed by atoms with Gasteiger partial charge in [-0.25, -0.2) is 9.97 Å². The highest BCUT2D eigenvalue weighted by atomic mass is 32.1. The third-order valence-corrected chi connectivity index (χ3v) is 5.66. The molecule has 1 fully saturated rings. The maximum Gasteiger partial charge on any atom is 0.274 e. The zero-order valence-electron chi connectivity index (χ0n) is 15.3. The first-order chi connectivity index (χ1) is 13.2. The largest absolute Gasteiger partial charge is 0.380 e. The van der Waals surface area contributed by atoms with Crippen molar-refractivity contribution in [3.63, 3.8) is 0 Å². The molecule has 3 aromatic rings. The number of methoxy groups -OCH3 is 1. The number of amides is 1. The van der Waals surface area contributed by atoms with Gasteiger partial charge in [0.25, 0.3) is 5.91 Å². The van der Waals surface area contributed by atoms with Crippen molar-refractivity contribution in [3.8, 4) is 0 Å². The molecular weight excluding hydrogens is 362 g/mol. The minimum atomic E-state index is -0.0742. The van der Waals surface area contributed by atoms with Gasteiger partial charge in [-0.05, 0) is 36.9 Å². The van der Waals surface area contributed by atoms with Gasteiger partial charge in [-0.3, -0.25) is 9.78 Å². The number of pyridine rings is 1. The molecule has 0 saturated carbocycles. The lowest BCUT2D eigenvalue weighted by atomic mass is 10.2. The first-order valence-corrected chi connectivity index (χ1v) is 9.78. The molecule has 140 valence electrons. The van der Waals surface area contributed by atoms with Crippen molar-refractivity contribution in [1.82, 2.24) is 19.9 Å². The molecule has 0 spiro atoms. The summed E-state index contributed by atoms with van der Waals surface area (Å²) in [6.07, 6.45) is 2.70. The van der Waals surface area contributed by atoms with E-state index in [0.29, 0.717) is 24.7 Å². The molecule has 4 rings (SSSR count). The predicted molar refractivity (Wildman–Crippen MR) is 105 cm³/mol. The minimum absolute atomic E-state index is 0.0714. The topological polar surface area (TPSA) is 80.2 Å². The zero-order valence-corrected chi connectivity index (χ0v) is 16.1. The summed E-state index contributed by atoms with van der Waals surface area (Å²) in [5, 5.41) is 5.20. The molecule has 0 aromatic carbocycles. The summed E-state index contributed by atoms with van der Waals surface area (Å²) in [6, 6.07) is 7.61. The van der Waals surface area contributed by atoms with Crippen molar-refractivity contribution in [1.29, 1.82) is 0 Å². The molecule has 1 N–H and O–H groups in total. The van der Waals surface area contributed by atoms with Gasteiger partial charge < -0.3 is 15.0 Å². The van der Waals surface area contributed by atoms with Crippen LogP contribution in [-0.4, -0.2) is 52.1 Å². The molecule has 1 aliphatic heterocycles. The highest BCUT2D eigenvalue weighted by molar-refractivity contribution is 7.17. The molecule has 7 nitrogen and oxygen atoms in total. The lowest BCUT2D eigenvalue weighted by Gasteiger charge is -2.17. The fourth-order valence-corrected chi connectivity index (χ4v) is 4.04. The quantitative estimate of drug-likeness (QED) is 0.729. The molecule has 2 atom stereocenters. The number of likely N-dealkylation sites (tertiary alicyclic amines) is 1. The number of rotatable bonds is 5. The SMILES string of the molecule is CO[C@H]1CCN(C(=O)c2nc(NC(C)c3ccccn3)nc3ccsc23)C1. The van der Waals surface area contributed by atoms with Crippen LogP contribution in [0.4, 0.5) is 5.95 Å². The van der Waals surface area contributed by atoms with Gasteiger partial charge in [-0.2, -0.15) is 0 Å². The van der Waals surface area contributed by atoms with Crippen LogP contribution in [0.25, 0.3) is 10.2 Å². The number of nitrogens with one attached hydrogen (secondary N) is 1. The first kappa shape index (κ1) is 17.8. The van der Waals surface area contributed by atoms with E-state index in [9.17, 15) is 4.79 Å². The first-order valence-electron chi connectivity index (χ1n) is 8.90. The Morgan fingerprint density at radius 1 is 1.37 bits per heavy atom. The molecule has 1 aliphatic rings. The van der Waals surface area contributed by atoms with Gasteiger partial charge in [0.1, 0.15) is 0 Å². The summed E-state index contributed by atoms with van der Waals surface area (Å²) >= 11 is 1.49. The summed E-state index contributed by atoms with van der Waals surface area (Å²) in [5.41, 5.74) is 2.11. The Morgan fingerprint density at radius 3 is 3.00 bits per heavy atom. The van der Waals surface area contributed by atoms with Gasteiger partial charge in [0, 0.05) is 26.4 Å². The van der Waals surface area contributed by atoms with Crippen LogP contribution in [0.1, 0.15) is 35.6 Å². The van der Waals surface area contributed by atoms with Crippen molar-refractivity contribution in [3.05, 3.63) is 47.2 Å². The minimum Gasteiger partial charge on any atom is -0.380 e. The van der Waals surface area contributed by atoms with Gasteiger partial charge >= 0.3 is 0 Å². The fraction of sp³-hybridized carbons (Fsp3) is 0.368. The summed E-state index contributed by atoms with van der Waals surface area (Å²) in [4.78, 5) is 28.4. The molecule has 0 bridgehead atoms. The maximum absolute atomic E-state index is 13.1. The van der Waals surface area contributed by atoms with Crippen LogP contribution >= 0.6 is 11.3 Å². The van der Waals surface area contributed by atoms with Crippen LogP contribution in [-0.2, 0) is 4.74 Å². The number of ether oxygens (including phenoxy) is 1. The number of anilines is 1. The van der Waals surface area contributed by atoms with Crippen LogP contribution in [0, 0.1) is 0 Å². The molecule has 1 amide bonds. The van der Waals surface area contributed by atoms with E-state index in [4.69, 9.17) is 4.74 Å². The lowest BCUT2D eigenvalue weighted by molar-refractivity contribution is 0.0721. The molecule has 4 heterocycles. The normalized spacial score (nSPS) is 18.0. The number of fused-ring (bicyclic) bond motifs is 1. The van der Waals surface area contributed by atoms with Gasteiger partial charge in [-0.15, -0.1) is 11.3 Å². The predicted octanol–water partition coefficient (Wildman–Crippen LogP) is 3.12. The summed E-state index contributed by atoms with van der Waals surface area (Å²) < 4.78 is 6.20. The highest BCUT2D eigenvalue weighted by Crippen LogP contribution is 2.27. The summed E-state index contributed by atoms with van der Waals surface area (Å²) in [5.74, 6) is 0.364. The monoisotopic (exact) mass is 383 g/mol. The van der Waals surface area contributed by atoms with E-state index in [0.717, 1.165) is 22.3 Å². The number of thiophene rings is 1. The van der Waals surface area contributed by atoms with E-state index in [1.807, 2.05) is 41.5 Å². The molecule has 1 saturated heterocycles. The molecule has 0 radical (unpaired) electrons. The molecule has 8 heteroatoms. The molecule has 3 aromatic heterocycles. The van der Waals surface area contributed by atoms with Gasteiger partial charge in [-0.1, -0.05) is 6.07 Å². The molecular formula is C19H21N5O2S. The third kappa shape index (κ3) is 3.63. The Morgan fingerprint density at radius 2 is 2.26 bits per heavy atom. The Bertz CT molecular complexity index is 946. The van der Waals surface area contributed by atoms with Gasteiger partial charge in [0.2, 0.25) is 5.95 Å². The second kappa shape index (κ2) is 7.58. The van der Waals surface area contributed by atoms with Gasteiger partial charge in [0.05, 0.1) is 28.1 Å². The van der Waals surface area contributed by atoms with Crippen LogP contribution in [0.2, 0.25) is 0 Å². The number of hydrogen-bond donors (Lipinski definition) is 1. The van der Waals surface area contributed by atoms with Crippen LogP contribution in [0.15, 0.2) is 35.8 Å². The van der Waals surface area contributed by atoms with Crippen molar-refractivity contribution in [2.75, 3.05) is 25.5 Å². The second-order valence-corrected chi connectivity index (χ2v) is 7.47. The standard InChI is InChI=1S/C19H21N5O2S/c1-12(14-5-3-4-8-20-14)21-19-22-15-7-10-27-17(15)16(23-19)18(25)24-9-6-13(11-24)26-2/h3-5,7-8,10,12-13H,6,9,11H2,1-2H3,(H,21,22,23)/t12?,13-/m0/s1. The smallest absolute Gasteiger partial charge is 0.274 e. The fourth-order valence-electron chi connectivity index (χ4n) is 3.23. The van der Waals surface area contributed by atoms with E-state index >= 15 is 0 Å². The van der Waals surface area contributed by atoms with Crippen molar-refractivity contribution in [2.24, 2.45) is 0 Å². The van der Waals surface area contributed by atoms with E-state index in [1.54, 1.807) is 13.3 Å². The Labute approximate surface area is 161 Å². The van der Waals surface area contributed by atoms with E-state index < -0.39 is 0 Å². The Kier molecular flexibility index (Phi) is 5.00.